The number of anilines is 2. The van der Waals surface area contributed by atoms with E-state index in [1.165, 1.54) is 10.7 Å². The topological polar surface area (TPSA) is 144 Å². The van der Waals surface area contributed by atoms with Gasteiger partial charge in [0.2, 0.25) is 11.8 Å². The van der Waals surface area contributed by atoms with Gasteiger partial charge in [0.05, 0.1) is 12.1 Å². The summed E-state index contributed by atoms with van der Waals surface area (Å²) in [5.41, 5.74) is 0.970. The zero-order valence-electron chi connectivity index (χ0n) is 15.4. The van der Waals surface area contributed by atoms with Gasteiger partial charge in [0.15, 0.2) is 11.5 Å². The Bertz CT molecular complexity index is 1430. The number of para-hydroxylation sites is 1. The highest BCUT2D eigenvalue weighted by molar-refractivity contribution is 5.93. The molecule has 148 valence electrons. The highest BCUT2D eigenvalue weighted by Crippen LogP contribution is 2.24. The third-order valence-electron chi connectivity index (χ3n) is 4.30. The van der Waals surface area contributed by atoms with Crippen LogP contribution in [0.25, 0.3) is 28.3 Å². The fourth-order valence-corrected chi connectivity index (χ4v) is 2.94. The molecule has 0 unspecified atom stereocenters. The quantitative estimate of drug-likeness (QED) is 0.442. The Morgan fingerprint density at radius 1 is 1.07 bits per heavy atom. The second kappa shape index (κ2) is 7.29. The van der Waals surface area contributed by atoms with Gasteiger partial charge in [-0.15, -0.1) is 5.10 Å². The highest BCUT2D eigenvalue weighted by atomic mass is 16.5. The Morgan fingerprint density at radius 2 is 1.93 bits per heavy atom. The Labute approximate surface area is 168 Å². The summed E-state index contributed by atoms with van der Waals surface area (Å²) >= 11 is 0. The molecule has 0 fully saturated rings. The highest BCUT2D eigenvalue weighted by Gasteiger charge is 2.19. The Hall–Kier alpha value is -4.25. The van der Waals surface area contributed by atoms with E-state index in [4.69, 9.17) is 9.63 Å². The molecule has 0 aliphatic heterocycles. The van der Waals surface area contributed by atoms with E-state index < -0.39 is 5.56 Å². The fourth-order valence-electron chi connectivity index (χ4n) is 2.94. The van der Waals surface area contributed by atoms with E-state index in [0.717, 1.165) is 5.39 Å². The SMILES string of the molecule is O=c1nccccc1Nc1nc2ccccc2c2nc(-c3nc(CCO)no3)nn12. The smallest absolute Gasteiger partial charge is 0.297 e. The first kappa shape index (κ1) is 17.8. The number of aromatic nitrogens is 7. The summed E-state index contributed by atoms with van der Waals surface area (Å²) < 4.78 is 6.70. The number of fused-ring (bicyclic) bond motifs is 3. The van der Waals surface area contributed by atoms with Crippen molar-refractivity contribution in [2.45, 2.75) is 6.42 Å². The number of benzene rings is 1. The van der Waals surface area contributed by atoms with Crippen LogP contribution in [-0.4, -0.2) is 46.4 Å². The third kappa shape index (κ3) is 3.12. The van der Waals surface area contributed by atoms with E-state index in [2.05, 4.69) is 35.5 Å². The first-order valence-corrected chi connectivity index (χ1v) is 9.04. The van der Waals surface area contributed by atoms with Crippen LogP contribution in [0.4, 0.5) is 11.6 Å². The summed E-state index contributed by atoms with van der Waals surface area (Å²) in [7, 11) is 0. The molecule has 11 nitrogen and oxygen atoms in total. The van der Waals surface area contributed by atoms with Gasteiger partial charge in [-0.25, -0.2) is 15.0 Å². The van der Waals surface area contributed by atoms with Gasteiger partial charge in [-0.1, -0.05) is 23.4 Å². The van der Waals surface area contributed by atoms with Gasteiger partial charge in [0, 0.05) is 18.0 Å². The lowest BCUT2D eigenvalue weighted by atomic mass is 10.2. The normalized spacial score (nSPS) is 11.2. The maximum atomic E-state index is 12.2. The van der Waals surface area contributed by atoms with E-state index in [1.807, 2.05) is 24.3 Å². The largest absolute Gasteiger partial charge is 0.396 e. The van der Waals surface area contributed by atoms with Crippen LogP contribution in [0.5, 0.6) is 0 Å². The minimum absolute atomic E-state index is 0.0970. The zero-order chi connectivity index (χ0) is 20.5. The van der Waals surface area contributed by atoms with E-state index in [0.29, 0.717) is 17.0 Å². The van der Waals surface area contributed by atoms with Crippen molar-refractivity contribution in [2.75, 3.05) is 11.9 Å². The van der Waals surface area contributed by atoms with Crippen molar-refractivity contribution in [3.05, 3.63) is 64.8 Å². The fraction of sp³-hybridized carbons (Fsp3) is 0.105. The van der Waals surface area contributed by atoms with E-state index >= 15 is 0 Å². The lowest BCUT2D eigenvalue weighted by Crippen LogP contribution is -2.11. The van der Waals surface area contributed by atoms with E-state index in [-0.39, 0.29) is 36.4 Å². The summed E-state index contributed by atoms with van der Waals surface area (Å²) in [6, 6.07) is 12.4. The maximum absolute atomic E-state index is 12.2. The average molecular weight is 402 g/mol. The Morgan fingerprint density at radius 3 is 2.83 bits per heavy atom. The number of nitrogens with one attached hydrogen (secondary N) is 1. The van der Waals surface area contributed by atoms with Gasteiger partial charge in [-0.2, -0.15) is 9.50 Å². The molecule has 0 spiro atoms. The molecule has 11 heteroatoms. The summed E-state index contributed by atoms with van der Waals surface area (Å²) in [5, 5.41) is 21.1. The summed E-state index contributed by atoms with van der Waals surface area (Å²) in [4.78, 5) is 29.4. The van der Waals surface area contributed by atoms with E-state index in [1.54, 1.807) is 18.2 Å². The van der Waals surface area contributed by atoms with Crippen molar-refractivity contribution in [3.8, 4) is 11.7 Å². The van der Waals surface area contributed by atoms with Gasteiger partial charge in [0.1, 0.15) is 5.69 Å². The number of hydrogen-bond acceptors (Lipinski definition) is 10. The first-order valence-electron chi connectivity index (χ1n) is 9.04. The third-order valence-corrected chi connectivity index (χ3v) is 4.30. The van der Waals surface area contributed by atoms with Gasteiger partial charge < -0.3 is 14.9 Å². The molecule has 0 saturated heterocycles. The summed E-state index contributed by atoms with van der Waals surface area (Å²) in [6.45, 7) is -0.0970. The van der Waals surface area contributed by atoms with Crippen molar-refractivity contribution >= 4 is 28.2 Å². The minimum Gasteiger partial charge on any atom is -0.396 e. The second-order valence-electron chi connectivity index (χ2n) is 6.29. The van der Waals surface area contributed by atoms with Crippen molar-refractivity contribution in [1.29, 1.82) is 0 Å². The minimum atomic E-state index is -0.436. The number of rotatable bonds is 5. The van der Waals surface area contributed by atoms with Crippen LogP contribution in [-0.2, 0) is 6.42 Å². The van der Waals surface area contributed by atoms with Crippen LogP contribution in [0.15, 0.2) is 58.0 Å². The molecule has 0 aliphatic rings. The lowest BCUT2D eigenvalue weighted by molar-refractivity contribution is 0.293. The lowest BCUT2D eigenvalue weighted by Gasteiger charge is -2.07. The molecule has 5 rings (SSSR count). The van der Waals surface area contributed by atoms with Crippen molar-refractivity contribution in [2.24, 2.45) is 0 Å². The monoisotopic (exact) mass is 402 g/mol. The van der Waals surface area contributed by atoms with Gasteiger partial charge in [-0.3, -0.25) is 4.79 Å². The molecular weight excluding hydrogens is 388 g/mol. The predicted octanol–water partition coefficient (Wildman–Crippen LogP) is 1.36. The molecule has 0 bridgehead atoms. The molecule has 0 aliphatic carbocycles. The average Bonchev–Trinajstić information content (AvgIpc) is 3.35. The number of aliphatic hydroxyl groups is 1. The second-order valence-corrected chi connectivity index (χ2v) is 6.29. The predicted molar refractivity (Wildman–Crippen MR) is 106 cm³/mol. The molecule has 0 atom stereocenters. The van der Waals surface area contributed by atoms with E-state index in [9.17, 15) is 4.79 Å². The maximum Gasteiger partial charge on any atom is 0.297 e. The van der Waals surface area contributed by atoms with Crippen molar-refractivity contribution in [1.82, 2.24) is 34.7 Å². The molecule has 1 aromatic carbocycles. The molecule has 5 aromatic rings. The zero-order valence-corrected chi connectivity index (χ0v) is 15.4. The molecule has 0 radical (unpaired) electrons. The standard InChI is InChI=1S/C19H14N8O3/c28-10-8-14-23-18(30-26-14)15-24-16-11-5-1-2-6-12(11)21-19(27(16)25-15)22-13-7-3-4-9-20-17(13)29/h1-7,9,28H,8,10H2,(H,20,21,22,29). The molecule has 4 heterocycles. The van der Waals surface area contributed by atoms with Gasteiger partial charge >= 0.3 is 0 Å². The van der Waals surface area contributed by atoms with Gasteiger partial charge in [0.25, 0.3) is 11.4 Å². The van der Waals surface area contributed by atoms with Crippen LogP contribution in [0.2, 0.25) is 0 Å². The van der Waals surface area contributed by atoms with Crippen molar-refractivity contribution < 1.29 is 9.63 Å². The molecular formula is C19H14N8O3. The van der Waals surface area contributed by atoms with Crippen molar-refractivity contribution in [3.63, 3.8) is 0 Å². The molecule has 0 saturated carbocycles. The number of nitrogens with zero attached hydrogens (tertiary/aromatic N) is 7. The number of hydrogen-bond donors (Lipinski definition) is 2. The molecule has 2 N–H and O–H groups in total. The molecule has 0 amide bonds. The van der Waals surface area contributed by atoms with Crippen LogP contribution >= 0.6 is 0 Å². The first-order chi connectivity index (χ1) is 14.7. The van der Waals surface area contributed by atoms with Crippen LogP contribution < -0.4 is 10.9 Å². The van der Waals surface area contributed by atoms with Crippen LogP contribution in [0.1, 0.15) is 5.82 Å². The van der Waals surface area contributed by atoms with Crippen LogP contribution in [0.3, 0.4) is 0 Å². The number of aliphatic hydroxyl groups excluding tert-OH is 1. The summed E-state index contributed by atoms with van der Waals surface area (Å²) in [6.07, 6.45) is 1.68. The summed E-state index contributed by atoms with van der Waals surface area (Å²) in [5.74, 6) is 0.954. The molecule has 30 heavy (non-hydrogen) atoms. The van der Waals surface area contributed by atoms with Gasteiger partial charge in [-0.05, 0) is 24.3 Å². The molecule has 4 aromatic heterocycles. The Kier molecular flexibility index (Phi) is 4.33. The van der Waals surface area contributed by atoms with Crippen LogP contribution in [0, 0.1) is 0 Å². The Balaban J connectivity index is 1.70.